The number of rotatable bonds is 10. The number of hydrogen-bond donors (Lipinski definition) is 4. The predicted molar refractivity (Wildman–Crippen MR) is 97.7 cm³/mol. The molecular formula is C14H26N4O4S2. The fourth-order valence-electron chi connectivity index (χ4n) is 1.38. The molecule has 0 aromatic heterocycles. The van der Waals surface area contributed by atoms with Gasteiger partial charge in [-0.2, -0.15) is 0 Å². The lowest BCUT2D eigenvalue weighted by atomic mass is 10.1. The molecule has 0 spiro atoms. The Kier molecular flexibility index (Phi) is 13.1. The van der Waals surface area contributed by atoms with Crippen molar-refractivity contribution in [3.05, 3.63) is 0 Å². The molecule has 138 valence electrons. The molecule has 0 radical (unpaired) electrons. The third-order valence-electron chi connectivity index (χ3n) is 2.54. The number of urea groups is 2. The maximum Gasteiger partial charge on any atom is 0.321 e. The van der Waals surface area contributed by atoms with Crippen LogP contribution >= 0.6 is 21.6 Å². The highest BCUT2D eigenvalue weighted by atomic mass is 33.1. The minimum atomic E-state index is -0.511. The molecule has 0 aromatic carbocycles. The third kappa shape index (κ3) is 14.2. The lowest BCUT2D eigenvalue weighted by Gasteiger charge is -2.07. The van der Waals surface area contributed by atoms with Gasteiger partial charge in [0.15, 0.2) is 0 Å². The van der Waals surface area contributed by atoms with Gasteiger partial charge in [-0.1, -0.05) is 35.4 Å². The average molecular weight is 379 g/mol. The Labute approximate surface area is 150 Å². The van der Waals surface area contributed by atoms with E-state index in [2.05, 4.69) is 21.3 Å². The van der Waals surface area contributed by atoms with Gasteiger partial charge in [0, 0.05) is 25.3 Å². The molecule has 0 rings (SSSR count). The van der Waals surface area contributed by atoms with Crippen molar-refractivity contribution in [3.8, 4) is 0 Å². The molecule has 10 heteroatoms. The van der Waals surface area contributed by atoms with Crippen molar-refractivity contribution in [3.63, 3.8) is 0 Å². The molecule has 0 aliphatic heterocycles. The highest BCUT2D eigenvalue weighted by Gasteiger charge is 2.08. The average Bonchev–Trinajstić information content (AvgIpc) is 2.48. The molecule has 0 fully saturated rings. The summed E-state index contributed by atoms with van der Waals surface area (Å²) < 4.78 is 0. The minimum Gasteiger partial charge on any atom is -0.338 e. The van der Waals surface area contributed by atoms with E-state index in [1.807, 2.05) is 13.8 Å². The van der Waals surface area contributed by atoms with Gasteiger partial charge in [-0.3, -0.25) is 20.2 Å². The molecular weight excluding hydrogens is 352 g/mol. The molecule has 4 N–H and O–H groups in total. The van der Waals surface area contributed by atoms with E-state index in [0.717, 1.165) is 6.42 Å². The van der Waals surface area contributed by atoms with Gasteiger partial charge in [0.2, 0.25) is 11.8 Å². The number of amides is 6. The van der Waals surface area contributed by atoms with Crippen LogP contribution in [0, 0.1) is 5.92 Å². The van der Waals surface area contributed by atoms with E-state index in [-0.39, 0.29) is 17.6 Å². The molecule has 0 saturated heterocycles. The van der Waals surface area contributed by atoms with Gasteiger partial charge in [0.1, 0.15) is 0 Å². The number of hydrogen-bond acceptors (Lipinski definition) is 6. The first-order valence-corrected chi connectivity index (χ1v) is 10.2. The highest BCUT2D eigenvalue weighted by Crippen LogP contribution is 2.19. The summed E-state index contributed by atoms with van der Waals surface area (Å²) in [5.41, 5.74) is 0. The largest absolute Gasteiger partial charge is 0.338 e. The van der Waals surface area contributed by atoms with Crippen molar-refractivity contribution in [2.24, 2.45) is 5.92 Å². The fraction of sp³-hybridized carbons (Fsp3) is 0.714. The van der Waals surface area contributed by atoms with E-state index >= 15 is 0 Å². The van der Waals surface area contributed by atoms with Gasteiger partial charge in [0.25, 0.3) is 0 Å². The smallest absolute Gasteiger partial charge is 0.321 e. The zero-order chi connectivity index (χ0) is 18.4. The van der Waals surface area contributed by atoms with Gasteiger partial charge in [0.05, 0.1) is 5.75 Å². The fourth-order valence-corrected chi connectivity index (χ4v) is 3.12. The Hall–Kier alpha value is -1.42. The second-order valence-corrected chi connectivity index (χ2v) is 7.81. The zero-order valence-electron chi connectivity index (χ0n) is 14.3. The topological polar surface area (TPSA) is 116 Å². The summed E-state index contributed by atoms with van der Waals surface area (Å²) in [5.74, 6) is 0.469. The summed E-state index contributed by atoms with van der Waals surface area (Å²) in [6.07, 6.45) is 1.07. The molecule has 0 aliphatic carbocycles. The van der Waals surface area contributed by atoms with Gasteiger partial charge in [-0.15, -0.1) is 0 Å². The van der Waals surface area contributed by atoms with E-state index in [0.29, 0.717) is 31.2 Å². The zero-order valence-corrected chi connectivity index (χ0v) is 15.9. The van der Waals surface area contributed by atoms with E-state index in [1.54, 1.807) is 6.92 Å². The lowest BCUT2D eigenvalue weighted by molar-refractivity contribution is -0.120. The van der Waals surface area contributed by atoms with Crippen molar-refractivity contribution in [2.75, 3.05) is 24.6 Å². The van der Waals surface area contributed by atoms with Crippen molar-refractivity contribution in [1.29, 1.82) is 0 Å². The maximum absolute atomic E-state index is 11.5. The first-order chi connectivity index (χ1) is 11.3. The van der Waals surface area contributed by atoms with Crippen LogP contribution in [-0.2, 0) is 9.59 Å². The minimum absolute atomic E-state index is 0.141. The molecule has 0 unspecified atom stereocenters. The highest BCUT2D eigenvalue weighted by molar-refractivity contribution is 8.76. The Morgan fingerprint density at radius 3 is 2.17 bits per heavy atom. The summed E-state index contributed by atoms with van der Waals surface area (Å²) in [7, 11) is 2.68. The Balaban J connectivity index is 3.58. The molecule has 0 aromatic rings. The van der Waals surface area contributed by atoms with Crippen LogP contribution in [0.1, 0.15) is 33.6 Å². The molecule has 24 heavy (non-hydrogen) atoms. The summed E-state index contributed by atoms with van der Waals surface area (Å²) in [6.45, 7) is 6.61. The molecule has 6 amide bonds. The molecule has 0 heterocycles. The van der Waals surface area contributed by atoms with Crippen LogP contribution in [0.3, 0.4) is 0 Å². The van der Waals surface area contributed by atoms with Gasteiger partial charge < -0.3 is 10.6 Å². The normalized spacial score (nSPS) is 10.2. The van der Waals surface area contributed by atoms with Crippen LogP contribution in [-0.4, -0.2) is 48.5 Å². The summed E-state index contributed by atoms with van der Waals surface area (Å²) in [4.78, 5) is 45.4. The molecule has 0 aliphatic rings. The Bertz CT molecular complexity index is 433. The van der Waals surface area contributed by atoms with Crippen molar-refractivity contribution in [2.45, 2.75) is 33.6 Å². The quantitative estimate of drug-likeness (QED) is 0.338. The number of imide groups is 2. The van der Waals surface area contributed by atoms with E-state index in [4.69, 9.17) is 0 Å². The van der Waals surface area contributed by atoms with Crippen LogP contribution in [0.4, 0.5) is 9.59 Å². The van der Waals surface area contributed by atoms with Gasteiger partial charge in [-0.05, 0) is 19.3 Å². The SMILES string of the molecule is CCNC(=O)NC(=O)CSSCCNC(=O)NC(=O)CCC(C)C. The van der Waals surface area contributed by atoms with Crippen LogP contribution in [0.2, 0.25) is 0 Å². The maximum atomic E-state index is 11.5. The monoisotopic (exact) mass is 378 g/mol. The van der Waals surface area contributed by atoms with Crippen LogP contribution in [0.15, 0.2) is 0 Å². The first-order valence-electron chi connectivity index (χ1n) is 7.74. The summed E-state index contributed by atoms with van der Waals surface area (Å²) in [6, 6.07) is -1.02. The molecule has 0 atom stereocenters. The standard InChI is InChI=1S/C14H26N4O4S2/c1-4-15-13(21)18-12(20)9-24-23-8-7-16-14(22)17-11(19)6-5-10(2)3/h10H,4-9H2,1-3H3,(H2,15,18,20,21)(H2,16,17,19,22). The van der Waals surface area contributed by atoms with Crippen LogP contribution in [0.5, 0.6) is 0 Å². The second kappa shape index (κ2) is 14.0. The number of carbonyl (C=O) groups excluding carboxylic acids is 4. The molecule has 0 saturated carbocycles. The predicted octanol–water partition coefficient (Wildman–Crippen LogP) is 1.48. The van der Waals surface area contributed by atoms with Crippen molar-refractivity contribution < 1.29 is 19.2 Å². The Morgan fingerprint density at radius 1 is 0.917 bits per heavy atom. The van der Waals surface area contributed by atoms with E-state index in [1.165, 1.54) is 21.6 Å². The van der Waals surface area contributed by atoms with Crippen molar-refractivity contribution in [1.82, 2.24) is 21.3 Å². The van der Waals surface area contributed by atoms with Gasteiger partial charge in [-0.25, -0.2) is 9.59 Å². The Morgan fingerprint density at radius 2 is 1.54 bits per heavy atom. The summed E-state index contributed by atoms with van der Waals surface area (Å²) >= 11 is 0. The van der Waals surface area contributed by atoms with Crippen LogP contribution < -0.4 is 21.3 Å². The molecule has 0 bridgehead atoms. The number of carbonyl (C=O) groups is 4. The lowest BCUT2D eigenvalue weighted by Crippen LogP contribution is -2.40. The van der Waals surface area contributed by atoms with E-state index < -0.39 is 12.1 Å². The third-order valence-corrected chi connectivity index (χ3v) is 4.81. The van der Waals surface area contributed by atoms with E-state index in [9.17, 15) is 19.2 Å². The van der Waals surface area contributed by atoms with Crippen molar-refractivity contribution >= 4 is 45.5 Å². The second-order valence-electron chi connectivity index (χ2n) is 5.23. The van der Waals surface area contributed by atoms with Gasteiger partial charge >= 0.3 is 12.1 Å². The summed E-state index contributed by atoms with van der Waals surface area (Å²) in [5, 5.41) is 9.49. The first kappa shape index (κ1) is 22.6. The number of nitrogens with one attached hydrogen (secondary N) is 4. The molecule has 8 nitrogen and oxygen atoms in total. The van der Waals surface area contributed by atoms with Crippen LogP contribution in [0.25, 0.3) is 0 Å².